The third kappa shape index (κ3) is 3.21. The average Bonchev–Trinajstić information content (AvgIpc) is 3.18. The van der Waals surface area contributed by atoms with Crippen LogP contribution in [0.1, 0.15) is 40.9 Å². The molecule has 1 aromatic heterocycles. The first kappa shape index (κ1) is 17.1. The molecule has 138 valence electrons. The number of rotatable bonds is 2. The van der Waals surface area contributed by atoms with E-state index in [4.69, 9.17) is 0 Å². The molecule has 1 fully saturated rings. The highest BCUT2D eigenvalue weighted by molar-refractivity contribution is 7.91. The topological polar surface area (TPSA) is 108 Å². The van der Waals surface area contributed by atoms with Gasteiger partial charge in [0.15, 0.2) is 9.84 Å². The Kier molecular flexibility index (Phi) is 4.22. The van der Waals surface area contributed by atoms with Crippen molar-refractivity contribution < 1.29 is 18.0 Å². The van der Waals surface area contributed by atoms with E-state index in [0.717, 1.165) is 30.2 Å². The molecule has 1 unspecified atom stereocenters. The van der Waals surface area contributed by atoms with Crippen LogP contribution >= 0.6 is 0 Å². The molecule has 8 heteroatoms. The lowest BCUT2D eigenvalue weighted by molar-refractivity contribution is -0.125. The van der Waals surface area contributed by atoms with E-state index in [-0.39, 0.29) is 11.5 Å². The number of aromatic nitrogens is 1. The quantitative estimate of drug-likeness (QED) is 0.686. The molecule has 0 saturated carbocycles. The number of hydrogen-bond donors (Lipinski definition) is 3. The maximum absolute atomic E-state index is 12.4. The third-order valence-electron chi connectivity index (χ3n) is 5.26. The van der Waals surface area contributed by atoms with Gasteiger partial charge in [0.2, 0.25) is 5.91 Å². The molecule has 1 aliphatic carbocycles. The zero-order chi connectivity index (χ0) is 18.3. The number of sulfone groups is 1. The minimum atomic E-state index is -3.13. The summed E-state index contributed by atoms with van der Waals surface area (Å²) in [5.74, 6) is -1.60. The second kappa shape index (κ2) is 6.42. The second-order valence-corrected chi connectivity index (χ2v) is 9.32. The summed E-state index contributed by atoms with van der Waals surface area (Å²) in [5, 5.41) is 1.06. The number of aryl methyl sites for hydroxylation is 2. The predicted molar refractivity (Wildman–Crippen MR) is 97.3 cm³/mol. The van der Waals surface area contributed by atoms with Gasteiger partial charge < -0.3 is 4.98 Å². The molecular formula is C18H21N3O4S. The van der Waals surface area contributed by atoms with Gasteiger partial charge in [-0.25, -0.2) is 8.42 Å². The van der Waals surface area contributed by atoms with Crippen LogP contribution in [0.4, 0.5) is 0 Å². The van der Waals surface area contributed by atoms with E-state index < -0.39 is 27.6 Å². The monoisotopic (exact) mass is 375 g/mol. The maximum Gasteiger partial charge on any atom is 0.269 e. The average molecular weight is 375 g/mol. The highest BCUT2D eigenvalue weighted by atomic mass is 32.2. The van der Waals surface area contributed by atoms with Crippen LogP contribution in [0.25, 0.3) is 10.9 Å². The van der Waals surface area contributed by atoms with E-state index in [0.29, 0.717) is 12.0 Å². The lowest BCUT2D eigenvalue weighted by Gasteiger charge is -2.12. The number of aromatic amines is 1. The van der Waals surface area contributed by atoms with E-state index in [1.54, 1.807) is 6.07 Å². The van der Waals surface area contributed by atoms with Crippen molar-refractivity contribution in [2.45, 2.75) is 32.1 Å². The van der Waals surface area contributed by atoms with Gasteiger partial charge in [0.05, 0.1) is 17.4 Å². The largest absolute Gasteiger partial charge is 0.358 e. The minimum absolute atomic E-state index is 0.0221. The fraction of sp³-hybridized carbons (Fsp3) is 0.444. The van der Waals surface area contributed by atoms with Crippen molar-refractivity contribution in [3.8, 4) is 0 Å². The van der Waals surface area contributed by atoms with Gasteiger partial charge in [-0.05, 0) is 55.9 Å². The zero-order valence-electron chi connectivity index (χ0n) is 14.3. The van der Waals surface area contributed by atoms with Crippen molar-refractivity contribution in [3.05, 3.63) is 35.0 Å². The lowest BCUT2D eigenvalue weighted by atomic mass is 9.95. The molecule has 2 aliphatic rings. The second-order valence-electron chi connectivity index (χ2n) is 7.09. The number of H-pyrrole nitrogens is 1. The molecule has 2 amide bonds. The van der Waals surface area contributed by atoms with Gasteiger partial charge in [-0.2, -0.15) is 0 Å². The molecule has 0 spiro atoms. The number of fused-ring (bicyclic) bond motifs is 3. The van der Waals surface area contributed by atoms with Crippen LogP contribution in [0.2, 0.25) is 0 Å². The lowest BCUT2D eigenvalue weighted by Crippen LogP contribution is -2.44. The van der Waals surface area contributed by atoms with Gasteiger partial charge in [0.25, 0.3) is 5.91 Å². The summed E-state index contributed by atoms with van der Waals surface area (Å²) in [6.45, 7) is 0. The molecule has 1 aliphatic heterocycles. The Labute approximate surface area is 151 Å². The molecule has 7 nitrogen and oxygen atoms in total. The number of hydrogen-bond acceptors (Lipinski definition) is 4. The number of carbonyl (C=O) groups is 2. The SMILES string of the molecule is O=C(NNC(=O)C1CCS(=O)(=O)C1)c1ccc2[nH]c3c(c2c1)CCCC3. The molecule has 4 rings (SSSR count). The Morgan fingerprint density at radius 2 is 1.92 bits per heavy atom. The van der Waals surface area contributed by atoms with Crippen molar-refractivity contribution in [3.63, 3.8) is 0 Å². The van der Waals surface area contributed by atoms with Crippen LogP contribution < -0.4 is 10.9 Å². The molecule has 1 aromatic carbocycles. The van der Waals surface area contributed by atoms with Gasteiger partial charge in [0, 0.05) is 22.2 Å². The Hall–Kier alpha value is -2.35. The highest BCUT2D eigenvalue weighted by Crippen LogP contribution is 2.29. The van der Waals surface area contributed by atoms with E-state index in [1.807, 2.05) is 12.1 Å². The van der Waals surface area contributed by atoms with Crippen LogP contribution in [0, 0.1) is 5.92 Å². The molecule has 3 N–H and O–H groups in total. The summed E-state index contributed by atoms with van der Waals surface area (Å²) in [7, 11) is -3.13. The van der Waals surface area contributed by atoms with Crippen molar-refractivity contribution >= 4 is 32.6 Å². The summed E-state index contributed by atoms with van der Waals surface area (Å²) in [6, 6.07) is 5.44. The minimum Gasteiger partial charge on any atom is -0.358 e. The summed E-state index contributed by atoms with van der Waals surface area (Å²) in [4.78, 5) is 27.8. The van der Waals surface area contributed by atoms with E-state index in [1.165, 1.54) is 17.7 Å². The van der Waals surface area contributed by atoms with Crippen molar-refractivity contribution in [1.82, 2.24) is 15.8 Å². The first-order valence-corrected chi connectivity index (χ1v) is 10.7. The van der Waals surface area contributed by atoms with Crippen LogP contribution in [0.3, 0.4) is 0 Å². The molecule has 2 heterocycles. The Bertz CT molecular complexity index is 993. The standard InChI is InChI=1S/C18H21N3O4S/c22-17(20-21-18(23)12-7-8-26(24,25)10-12)11-5-6-16-14(9-11)13-3-1-2-4-15(13)19-16/h5-6,9,12,19H,1-4,7-8,10H2,(H,20,22)(H,21,23). The molecule has 2 aromatic rings. The number of benzene rings is 1. The van der Waals surface area contributed by atoms with Gasteiger partial charge in [-0.3, -0.25) is 20.4 Å². The summed E-state index contributed by atoms with van der Waals surface area (Å²) >= 11 is 0. The van der Waals surface area contributed by atoms with E-state index in [2.05, 4.69) is 15.8 Å². The van der Waals surface area contributed by atoms with Crippen molar-refractivity contribution in [1.29, 1.82) is 0 Å². The number of hydrazine groups is 1. The first-order valence-electron chi connectivity index (χ1n) is 8.87. The summed E-state index contributed by atoms with van der Waals surface area (Å²) in [5.41, 5.74) is 8.76. The van der Waals surface area contributed by atoms with E-state index >= 15 is 0 Å². The van der Waals surface area contributed by atoms with Crippen LogP contribution in [0.5, 0.6) is 0 Å². The number of carbonyl (C=O) groups excluding carboxylic acids is 2. The van der Waals surface area contributed by atoms with Gasteiger partial charge >= 0.3 is 0 Å². The molecular weight excluding hydrogens is 354 g/mol. The first-order chi connectivity index (χ1) is 12.4. The molecule has 0 radical (unpaired) electrons. The molecule has 0 bridgehead atoms. The highest BCUT2D eigenvalue weighted by Gasteiger charge is 2.33. The third-order valence-corrected chi connectivity index (χ3v) is 7.03. The van der Waals surface area contributed by atoms with E-state index in [9.17, 15) is 18.0 Å². The predicted octanol–water partition coefficient (Wildman–Crippen LogP) is 1.24. The van der Waals surface area contributed by atoms with Crippen molar-refractivity contribution in [2.24, 2.45) is 5.92 Å². The number of amides is 2. The Balaban J connectivity index is 1.45. The fourth-order valence-corrected chi connectivity index (χ4v) is 5.58. The van der Waals surface area contributed by atoms with Gasteiger partial charge in [0.1, 0.15) is 0 Å². The maximum atomic E-state index is 12.4. The van der Waals surface area contributed by atoms with Gasteiger partial charge in [-0.15, -0.1) is 0 Å². The molecule has 1 saturated heterocycles. The zero-order valence-corrected chi connectivity index (χ0v) is 15.1. The number of nitrogens with one attached hydrogen (secondary N) is 3. The van der Waals surface area contributed by atoms with Crippen molar-refractivity contribution in [2.75, 3.05) is 11.5 Å². The summed E-state index contributed by atoms with van der Waals surface area (Å²) < 4.78 is 22.9. The van der Waals surface area contributed by atoms with Crippen LogP contribution in [-0.4, -0.2) is 36.7 Å². The normalized spacial score (nSPS) is 21.3. The molecule has 26 heavy (non-hydrogen) atoms. The summed E-state index contributed by atoms with van der Waals surface area (Å²) in [6.07, 6.45) is 4.66. The fourth-order valence-electron chi connectivity index (χ4n) is 3.84. The van der Waals surface area contributed by atoms with Crippen LogP contribution in [0.15, 0.2) is 18.2 Å². The van der Waals surface area contributed by atoms with Crippen LogP contribution in [-0.2, 0) is 27.5 Å². The molecule has 1 atom stereocenters. The Morgan fingerprint density at radius 1 is 1.12 bits per heavy atom. The smallest absolute Gasteiger partial charge is 0.269 e. The Morgan fingerprint density at radius 3 is 2.69 bits per heavy atom. The van der Waals surface area contributed by atoms with Gasteiger partial charge in [-0.1, -0.05) is 0 Å².